The van der Waals surface area contributed by atoms with Crippen molar-refractivity contribution in [1.29, 1.82) is 0 Å². The van der Waals surface area contributed by atoms with Crippen molar-refractivity contribution in [3.8, 4) is 0 Å². The molecule has 0 radical (unpaired) electrons. The van der Waals surface area contributed by atoms with E-state index >= 15 is 0 Å². The van der Waals surface area contributed by atoms with Gasteiger partial charge >= 0.3 is 0 Å². The largest absolute Gasteiger partial charge is 0.369 e. The Labute approximate surface area is 72.1 Å². The van der Waals surface area contributed by atoms with Gasteiger partial charge in [-0.05, 0) is 25.2 Å². The predicted octanol–water partition coefficient (Wildman–Crippen LogP) is 1.38. The number of allylic oxidation sites excluding steroid dienone is 3. The van der Waals surface area contributed by atoms with E-state index in [0.29, 0.717) is 5.92 Å². The van der Waals surface area contributed by atoms with Crippen LogP contribution in [0.2, 0.25) is 0 Å². The highest BCUT2D eigenvalue weighted by Crippen LogP contribution is 2.49. The molecule has 0 aromatic heterocycles. The van der Waals surface area contributed by atoms with Crippen molar-refractivity contribution < 1.29 is 4.79 Å². The highest BCUT2D eigenvalue weighted by atomic mass is 16.1. The van der Waals surface area contributed by atoms with E-state index in [0.717, 1.165) is 19.3 Å². The molecule has 2 nitrogen and oxygen atoms in total. The highest BCUT2D eigenvalue weighted by molar-refractivity contribution is 5.84. The van der Waals surface area contributed by atoms with Crippen molar-refractivity contribution in [3.63, 3.8) is 0 Å². The Morgan fingerprint density at radius 1 is 1.42 bits per heavy atom. The van der Waals surface area contributed by atoms with E-state index in [1.807, 2.05) is 24.3 Å². The zero-order valence-corrected chi connectivity index (χ0v) is 6.99. The van der Waals surface area contributed by atoms with Gasteiger partial charge in [-0.15, -0.1) is 0 Å². The number of primary amides is 1. The van der Waals surface area contributed by atoms with E-state index in [-0.39, 0.29) is 11.3 Å². The molecule has 2 aliphatic rings. The first-order valence-electron chi connectivity index (χ1n) is 4.40. The number of rotatable bonds is 2. The summed E-state index contributed by atoms with van der Waals surface area (Å²) < 4.78 is 0. The third-order valence-corrected chi connectivity index (χ3v) is 2.86. The monoisotopic (exact) mass is 163 g/mol. The molecule has 0 aromatic rings. The molecule has 0 saturated heterocycles. The molecule has 1 saturated carbocycles. The topological polar surface area (TPSA) is 43.1 Å². The van der Waals surface area contributed by atoms with Gasteiger partial charge in [-0.2, -0.15) is 0 Å². The summed E-state index contributed by atoms with van der Waals surface area (Å²) in [5, 5.41) is 0. The minimum absolute atomic E-state index is 0.161. The van der Waals surface area contributed by atoms with Gasteiger partial charge < -0.3 is 5.73 Å². The summed E-state index contributed by atoms with van der Waals surface area (Å²) in [6.45, 7) is 0. The molecule has 0 heterocycles. The fourth-order valence-corrected chi connectivity index (χ4v) is 1.92. The van der Waals surface area contributed by atoms with Crippen LogP contribution in [-0.2, 0) is 4.79 Å². The number of carbonyl (C=O) groups is 1. The van der Waals surface area contributed by atoms with Crippen molar-refractivity contribution in [2.24, 2.45) is 17.1 Å². The molecule has 0 bridgehead atoms. The smallest absolute Gasteiger partial charge is 0.228 e. The minimum atomic E-state index is -0.339. The van der Waals surface area contributed by atoms with E-state index in [4.69, 9.17) is 5.73 Å². The zero-order valence-electron chi connectivity index (χ0n) is 6.99. The SMILES string of the molecule is NC(=O)C1(C2CC2)C=CC=CC1. The second kappa shape index (κ2) is 2.47. The van der Waals surface area contributed by atoms with Crippen LogP contribution in [0, 0.1) is 11.3 Å². The van der Waals surface area contributed by atoms with Gasteiger partial charge in [-0.3, -0.25) is 4.79 Å². The first kappa shape index (κ1) is 7.59. The van der Waals surface area contributed by atoms with Crippen molar-refractivity contribution in [3.05, 3.63) is 24.3 Å². The molecule has 2 rings (SSSR count). The lowest BCUT2D eigenvalue weighted by Crippen LogP contribution is -2.37. The minimum Gasteiger partial charge on any atom is -0.369 e. The average molecular weight is 163 g/mol. The van der Waals surface area contributed by atoms with Crippen molar-refractivity contribution in [1.82, 2.24) is 0 Å². The molecule has 2 N–H and O–H groups in total. The van der Waals surface area contributed by atoms with Crippen LogP contribution in [0.4, 0.5) is 0 Å². The van der Waals surface area contributed by atoms with Crippen LogP contribution >= 0.6 is 0 Å². The Morgan fingerprint density at radius 2 is 2.17 bits per heavy atom. The van der Waals surface area contributed by atoms with Crippen LogP contribution in [0.25, 0.3) is 0 Å². The summed E-state index contributed by atoms with van der Waals surface area (Å²) in [5.74, 6) is 0.349. The normalized spacial score (nSPS) is 33.7. The zero-order chi connectivity index (χ0) is 8.60. The summed E-state index contributed by atoms with van der Waals surface area (Å²) in [4.78, 5) is 11.3. The van der Waals surface area contributed by atoms with Crippen molar-refractivity contribution in [2.75, 3.05) is 0 Å². The fraction of sp³-hybridized carbons (Fsp3) is 0.500. The predicted molar refractivity (Wildman–Crippen MR) is 47.2 cm³/mol. The summed E-state index contributed by atoms with van der Waals surface area (Å²) in [6, 6.07) is 0. The fourth-order valence-electron chi connectivity index (χ4n) is 1.92. The van der Waals surface area contributed by atoms with Gasteiger partial charge in [0.15, 0.2) is 0 Å². The lowest BCUT2D eigenvalue weighted by atomic mass is 9.76. The molecule has 1 atom stereocenters. The van der Waals surface area contributed by atoms with E-state index in [1.54, 1.807) is 0 Å². The number of amides is 1. The second-order valence-corrected chi connectivity index (χ2v) is 3.67. The first-order chi connectivity index (χ1) is 5.76. The molecule has 0 spiro atoms. The molecular formula is C10H13NO. The highest BCUT2D eigenvalue weighted by Gasteiger charge is 2.47. The van der Waals surface area contributed by atoms with Gasteiger partial charge in [-0.1, -0.05) is 24.3 Å². The van der Waals surface area contributed by atoms with Gasteiger partial charge in [0.25, 0.3) is 0 Å². The van der Waals surface area contributed by atoms with Crippen LogP contribution in [0.15, 0.2) is 24.3 Å². The van der Waals surface area contributed by atoms with Crippen LogP contribution in [0.5, 0.6) is 0 Å². The lowest BCUT2D eigenvalue weighted by molar-refractivity contribution is -0.126. The quantitative estimate of drug-likeness (QED) is 0.656. The van der Waals surface area contributed by atoms with Gasteiger partial charge in [0.05, 0.1) is 5.41 Å². The van der Waals surface area contributed by atoms with Crippen LogP contribution < -0.4 is 5.73 Å². The van der Waals surface area contributed by atoms with Crippen LogP contribution in [0.3, 0.4) is 0 Å². The molecule has 0 aromatic carbocycles. The molecule has 12 heavy (non-hydrogen) atoms. The van der Waals surface area contributed by atoms with E-state index in [9.17, 15) is 4.79 Å². The molecule has 0 aliphatic heterocycles. The molecular weight excluding hydrogens is 150 g/mol. The average Bonchev–Trinajstić information content (AvgIpc) is 2.88. The Balaban J connectivity index is 2.27. The Morgan fingerprint density at radius 3 is 2.58 bits per heavy atom. The number of hydrogen-bond acceptors (Lipinski definition) is 1. The van der Waals surface area contributed by atoms with E-state index in [1.165, 1.54) is 0 Å². The summed E-state index contributed by atoms with van der Waals surface area (Å²) >= 11 is 0. The Kier molecular flexibility index (Phi) is 1.56. The third-order valence-electron chi connectivity index (χ3n) is 2.86. The van der Waals surface area contributed by atoms with Crippen LogP contribution in [-0.4, -0.2) is 5.91 Å². The number of hydrogen-bond donors (Lipinski definition) is 1. The molecule has 64 valence electrons. The molecule has 2 aliphatic carbocycles. The summed E-state index contributed by atoms with van der Waals surface area (Å²) in [5.41, 5.74) is 5.08. The molecule has 2 heteroatoms. The second-order valence-electron chi connectivity index (χ2n) is 3.67. The maximum absolute atomic E-state index is 11.3. The first-order valence-corrected chi connectivity index (χ1v) is 4.40. The Hall–Kier alpha value is -1.05. The summed E-state index contributed by atoms with van der Waals surface area (Å²) in [7, 11) is 0. The van der Waals surface area contributed by atoms with Crippen LogP contribution in [0.1, 0.15) is 19.3 Å². The number of carbonyl (C=O) groups excluding carboxylic acids is 1. The molecule has 1 fully saturated rings. The standard InChI is InChI=1S/C10H13NO/c11-9(12)10(8-4-5-8)6-2-1-3-7-10/h1-3,6,8H,4-5,7H2,(H2,11,12). The maximum Gasteiger partial charge on any atom is 0.228 e. The maximum atomic E-state index is 11.3. The van der Waals surface area contributed by atoms with Gasteiger partial charge in [0.1, 0.15) is 0 Å². The number of nitrogens with two attached hydrogens (primary N) is 1. The van der Waals surface area contributed by atoms with E-state index < -0.39 is 0 Å². The van der Waals surface area contributed by atoms with Crippen molar-refractivity contribution in [2.45, 2.75) is 19.3 Å². The van der Waals surface area contributed by atoms with Gasteiger partial charge in [0, 0.05) is 0 Å². The molecule has 1 amide bonds. The summed E-state index contributed by atoms with van der Waals surface area (Å²) in [6.07, 6.45) is 11.0. The van der Waals surface area contributed by atoms with Gasteiger partial charge in [0.2, 0.25) is 5.91 Å². The van der Waals surface area contributed by atoms with E-state index in [2.05, 4.69) is 0 Å². The Bertz CT molecular complexity index is 263. The lowest BCUT2D eigenvalue weighted by Gasteiger charge is -2.27. The van der Waals surface area contributed by atoms with Gasteiger partial charge in [-0.25, -0.2) is 0 Å². The third kappa shape index (κ3) is 0.986. The van der Waals surface area contributed by atoms with Crippen molar-refractivity contribution >= 4 is 5.91 Å². The molecule has 1 unspecified atom stereocenters.